The van der Waals surface area contributed by atoms with Gasteiger partial charge in [0, 0.05) is 27.2 Å². The van der Waals surface area contributed by atoms with E-state index in [1.807, 2.05) is 0 Å². The number of sulfonamides is 1. The third-order valence-electron chi connectivity index (χ3n) is 5.52. The molecule has 0 radical (unpaired) electrons. The molecule has 0 saturated carbocycles. The molecule has 10 heteroatoms. The third kappa shape index (κ3) is 3.84. The van der Waals surface area contributed by atoms with Crippen molar-refractivity contribution in [1.29, 1.82) is 0 Å². The summed E-state index contributed by atoms with van der Waals surface area (Å²) >= 11 is 0. The molecule has 1 saturated heterocycles. The molecule has 164 valence electrons. The van der Waals surface area contributed by atoms with Gasteiger partial charge >= 0.3 is 5.69 Å². The molecule has 1 amide bonds. The van der Waals surface area contributed by atoms with Gasteiger partial charge in [0.05, 0.1) is 34.8 Å². The lowest BCUT2D eigenvalue weighted by atomic mass is 10.3. The SMILES string of the molecule is Cn1c(=O)n(C)c2cc(S(=O)(=O)N(CC(=O)N3CCOCC3)c3ccccc3)ccc21. The van der Waals surface area contributed by atoms with Crippen molar-refractivity contribution in [3.8, 4) is 0 Å². The highest BCUT2D eigenvalue weighted by Gasteiger charge is 2.30. The number of anilines is 1. The molecule has 0 spiro atoms. The fourth-order valence-electron chi connectivity index (χ4n) is 3.72. The van der Waals surface area contributed by atoms with Crippen LogP contribution in [0.5, 0.6) is 0 Å². The van der Waals surface area contributed by atoms with Crippen molar-refractivity contribution in [2.45, 2.75) is 4.90 Å². The average molecular weight is 445 g/mol. The van der Waals surface area contributed by atoms with Crippen LogP contribution in [0.3, 0.4) is 0 Å². The molecule has 2 aromatic carbocycles. The predicted molar refractivity (Wildman–Crippen MR) is 117 cm³/mol. The van der Waals surface area contributed by atoms with Gasteiger partial charge in [-0.1, -0.05) is 18.2 Å². The first-order chi connectivity index (χ1) is 14.8. The number of aryl methyl sites for hydroxylation is 2. The number of para-hydroxylation sites is 1. The number of carbonyl (C=O) groups excluding carboxylic acids is 1. The van der Waals surface area contributed by atoms with E-state index in [4.69, 9.17) is 4.74 Å². The molecule has 0 aliphatic carbocycles. The Hall–Kier alpha value is -3.11. The van der Waals surface area contributed by atoms with Crippen LogP contribution in [0.4, 0.5) is 5.69 Å². The molecular weight excluding hydrogens is 420 g/mol. The average Bonchev–Trinajstić information content (AvgIpc) is 3.02. The smallest absolute Gasteiger partial charge is 0.328 e. The summed E-state index contributed by atoms with van der Waals surface area (Å²) in [5, 5.41) is 0. The topological polar surface area (TPSA) is 93.8 Å². The van der Waals surface area contributed by atoms with Crippen LogP contribution in [0.15, 0.2) is 58.2 Å². The molecule has 31 heavy (non-hydrogen) atoms. The fourth-order valence-corrected chi connectivity index (χ4v) is 5.15. The Labute approximate surface area is 180 Å². The number of carbonyl (C=O) groups is 1. The van der Waals surface area contributed by atoms with E-state index in [-0.39, 0.29) is 23.0 Å². The van der Waals surface area contributed by atoms with Crippen LogP contribution in [0, 0.1) is 0 Å². The third-order valence-corrected chi connectivity index (χ3v) is 7.29. The minimum Gasteiger partial charge on any atom is -0.378 e. The maximum absolute atomic E-state index is 13.6. The molecule has 1 aromatic heterocycles. The highest BCUT2D eigenvalue weighted by Crippen LogP contribution is 2.26. The van der Waals surface area contributed by atoms with Crippen LogP contribution in [0.1, 0.15) is 0 Å². The number of ether oxygens (including phenoxy) is 1. The number of hydrogen-bond acceptors (Lipinski definition) is 5. The van der Waals surface area contributed by atoms with Crippen molar-refractivity contribution < 1.29 is 17.9 Å². The zero-order chi connectivity index (χ0) is 22.2. The summed E-state index contributed by atoms with van der Waals surface area (Å²) in [6, 6.07) is 13.1. The van der Waals surface area contributed by atoms with Crippen molar-refractivity contribution in [3.63, 3.8) is 0 Å². The second kappa shape index (κ2) is 8.20. The van der Waals surface area contributed by atoms with Gasteiger partial charge in [-0.05, 0) is 30.3 Å². The Morgan fingerprint density at radius 1 is 1.00 bits per heavy atom. The molecular formula is C21H24N4O5S. The van der Waals surface area contributed by atoms with Crippen LogP contribution < -0.4 is 9.99 Å². The molecule has 1 aliphatic rings. The van der Waals surface area contributed by atoms with Gasteiger partial charge in [0.1, 0.15) is 6.54 Å². The van der Waals surface area contributed by atoms with Gasteiger partial charge in [-0.15, -0.1) is 0 Å². The first-order valence-electron chi connectivity index (χ1n) is 9.89. The van der Waals surface area contributed by atoms with Gasteiger partial charge in [0.25, 0.3) is 10.0 Å². The Balaban J connectivity index is 1.76. The van der Waals surface area contributed by atoms with Crippen LogP contribution in [0.25, 0.3) is 11.0 Å². The summed E-state index contributed by atoms with van der Waals surface area (Å²) < 4.78 is 36.5. The maximum atomic E-state index is 13.6. The molecule has 4 rings (SSSR count). The van der Waals surface area contributed by atoms with Crippen LogP contribution in [-0.4, -0.2) is 61.2 Å². The summed E-state index contributed by atoms with van der Waals surface area (Å²) in [7, 11) is -0.839. The van der Waals surface area contributed by atoms with Crippen LogP contribution >= 0.6 is 0 Å². The van der Waals surface area contributed by atoms with Crippen molar-refractivity contribution in [2.75, 3.05) is 37.2 Å². The number of hydrogen-bond donors (Lipinski definition) is 0. The highest BCUT2D eigenvalue weighted by molar-refractivity contribution is 7.92. The molecule has 0 bridgehead atoms. The zero-order valence-corrected chi connectivity index (χ0v) is 18.2. The number of nitrogens with zero attached hydrogens (tertiary/aromatic N) is 4. The second-order valence-corrected chi connectivity index (χ2v) is 9.25. The molecule has 0 unspecified atom stereocenters. The van der Waals surface area contributed by atoms with E-state index >= 15 is 0 Å². The highest BCUT2D eigenvalue weighted by atomic mass is 32.2. The lowest BCUT2D eigenvalue weighted by Crippen LogP contribution is -2.47. The first-order valence-corrected chi connectivity index (χ1v) is 11.3. The molecule has 9 nitrogen and oxygen atoms in total. The Bertz CT molecular complexity index is 1270. The standard InChI is InChI=1S/C21H24N4O5S/c1-22-18-9-8-17(14-19(18)23(2)21(22)27)31(28,29)25(16-6-4-3-5-7-16)15-20(26)24-10-12-30-13-11-24/h3-9,14H,10-13,15H2,1-2H3. The van der Waals surface area contributed by atoms with Crippen LogP contribution in [-0.2, 0) is 33.7 Å². The number of aromatic nitrogens is 2. The van der Waals surface area contributed by atoms with E-state index in [0.29, 0.717) is 43.0 Å². The number of imidazole rings is 1. The number of morpholine rings is 1. The summed E-state index contributed by atoms with van der Waals surface area (Å²) in [6.45, 7) is 1.41. The van der Waals surface area contributed by atoms with Crippen LogP contribution in [0.2, 0.25) is 0 Å². The molecule has 3 aromatic rings. The monoisotopic (exact) mass is 444 g/mol. The van der Waals surface area contributed by atoms with Gasteiger partial charge in [-0.2, -0.15) is 0 Å². The normalized spacial score (nSPS) is 14.7. The molecule has 2 heterocycles. The Morgan fingerprint density at radius 3 is 2.32 bits per heavy atom. The quantitative estimate of drug-likeness (QED) is 0.584. The first kappa shape index (κ1) is 21.1. The Morgan fingerprint density at radius 2 is 1.65 bits per heavy atom. The van der Waals surface area contributed by atoms with E-state index in [2.05, 4.69) is 0 Å². The van der Waals surface area contributed by atoms with E-state index in [1.165, 1.54) is 21.3 Å². The van der Waals surface area contributed by atoms with E-state index in [9.17, 15) is 18.0 Å². The molecule has 0 N–H and O–H groups in total. The molecule has 1 fully saturated rings. The molecule has 0 atom stereocenters. The summed E-state index contributed by atoms with van der Waals surface area (Å²) in [6.07, 6.45) is 0. The van der Waals surface area contributed by atoms with Gasteiger partial charge in [0.15, 0.2) is 0 Å². The maximum Gasteiger partial charge on any atom is 0.328 e. The fraction of sp³-hybridized carbons (Fsp3) is 0.333. The van der Waals surface area contributed by atoms with E-state index < -0.39 is 10.0 Å². The van der Waals surface area contributed by atoms with Gasteiger partial charge in [-0.25, -0.2) is 13.2 Å². The van der Waals surface area contributed by atoms with Crippen molar-refractivity contribution in [1.82, 2.24) is 14.0 Å². The van der Waals surface area contributed by atoms with Crippen molar-refractivity contribution in [3.05, 3.63) is 59.0 Å². The largest absolute Gasteiger partial charge is 0.378 e. The lowest BCUT2D eigenvalue weighted by Gasteiger charge is -2.30. The van der Waals surface area contributed by atoms with E-state index in [0.717, 1.165) is 4.31 Å². The number of rotatable bonds is 5. The summed E-state index contributed by atoms with van der Waals surface area (Å²) in [4.78, 5) is 26.7. The number of benzene rings is 2. The van der Waals surface area contributed by atoms with Gasteiger partial charge in [-0.3, -0.25) is 18.2 Å². The predicted octanol–water partition coefficient (Wildman–Crippen LogP) is 0.931. The second-order valence-electron chi connectivity index (χ2n) is 7.39. The molecule has 1 aliphatic heterocycles. The minimum atomic E-state index is -4.07. The number of fused-ring (bicyclic) bond motifs is 1. The Kier molecular flexibility index (Phi) is 5.59. The summed E-state index contributed by atoms with van der Waals surface area (Å²) in [5.74, 6) is -0.288. The van der Waals surface area contributed by atoms with E-state index in [1.54, 1.807) is 55.4 Å². The van der Waals surface area contributed by atoms with Gasteiger partial charge in [0.2, 0.25) is 5.91 Å². The van der Waals surface area contributed by atoms with Crippen molar-refractivity contribution in [2.24, 2.45) is 14.1 Å². The zero-order valence-electron chi connectivity index (χ0n) is 17.4. The lowest BCUT2D eigenvalue weighted by molar-refractivity contribution is -0.133. The van der Waals surface area contributed by atoms with Gasteiger partial charge < -0.3 is 9.64 Å². The summed E-state index contributed by atoms with van der Waals surface area (Å²) in [5.41, 5.74) is 1.28. The minimum absolute atomic E-state index is 0.0137. The van der Waals surface area contributed by atoms with Crippen molar-refractivity contribution >= 4 is 32.7 Å². The number of amides is 1.